The van der Waals surface area contributed by atoms with Gasteiger partial charge >= 0.3 is 12.8 Å². The minimum absolute atomic E-state index is 0.0279. The van der Waals surface area contributed by atoms with E-state index in [0.717, 1.165) is 4.68 Å². The number of hydrogen-bond acceptors (Lipinski definition) is 4. The Morgan fingerprint density at radius 2 is 2.00 bits per heavy atom. The van der Waals surface area contributed by atoms with Crippen molar-refractivity contribution in [1.29, 1.82) is 0 Å². The van der Waals surface area contributed by atoms with E-state index in [1.54, 1.807) is 6.92 Å². The van der Waals surface area contributed by atoms with Crippen molar-refractivity contribution in [2.75, 3.05) is 11.9 Å². The Morgan fingerprint density at radius 1 is 1.32 bits per heavy atom. The van der Waals surface area contributed by atoms with E-state index in [1.165, 1.54) is 25.1 Å². The van der Waals surface area contributed by atoms with Crippen molar-refractivity contribution < 1.29 is 36.2 Å². The van der Waals surface area contributed by atoms with Gasteiger partial charge in [0, 0.05) is 11.8 Å². The number of nitrogens with one attached hydrogen (secondary N) is 1. The van der Waals surface area contributed by atoms with E-state index in [9.17, 15) is 26.7 Å². The number of aromatic nitrogens is 2. The van der Waals surface area contributed by atoms with E-state index in [-0.39, 0.29) is 29.5 Å². The van der Waals surface area contributed by atoms with Gasteiger partial charge in [-0.3, -0.25) is 9.48 Å². The van der Waals surface area contributed by atoms with Gasteiger partial charge in [0.15, 0.2) is 17.2 Å². The van der Waals surface area contributed by atoms with Crippen molar-refractivity contribution in [2.24, 2.45) is 0 Å². The minimum Gasteiger partial charge on any atom is -0.490 e. The Labute approximate surface area is 161 Å². The molecule has 0 bridgehead atoms. The van der Waals surface area contributed by atoms with Crippen LogP contribution in [0.3, 0.4) is 0 Å². The van der Waals surface area contributed by atoms with Crippen LogP contribution >= 0.6 is 11.6 Å². The van der Waals surface area contributed by atoms with E-state index in [2.05, 4.69) is 15.2 Å². The highest BCUT2D eigenvalue weighted by Crippen LogP contribution is 2.35. The van der Waals surface area contributed by atoms with Gasteiger partial charge in [-0.05, 0) is 26.0 Å². The van der Waals surface area contributed by atoms with E-state index in [4.69, 9.17) is 16.3 Å². The molecule has 0 unspecified atom stereocenters. The Hall–Kier alpha value is -2.56. The van der Waals surface area contributed by atoms with Crippen LogP contribution in [-0.4, -0.2) is 28.9 Å². The summed E-state index contributed by atoms with van der Waals surface area (Å²) in [5.41, 5.74) is -1.14. The molecule has 0 fully saturated rings. The van der Waals surface area contributed by atoms with Crippen molar-refractivity contribution in [3.8, 4) is 11.5 Å². The van der Waals surface area contributed by atoms with Gasteiger partial charge in [0.1, 0.15) is 6.54 Å². The fraction of sp³-hybridized carbons (Fsp3) is 0.375. The molecule has 0 aliphatic carbocycles. The van der Waals surface area contributed by atoms with E-state index in [0.29, 0.717) is 0 Å². The lowest BCUT2D eigenvalue weighted by molar-refractivity contribution is -0.141. The molecule has 12 heteroatoms. The lowest BCUT2D eigenvalue weighted by atomic mass is 10.2. The lowest BCUT2D eigenvalue weighted by Gasteiger charge is -2.13. The number of ether oxygens (including phenoxy) is 2. The quantitative estimate of drug-likeness (QED) is 0.661. The van der Waals surface area contributed by atoms with Gasteiger partial charge < -0.3 is 14.8 Å². The second-order valence-electron chi connectivity index (χ2n) is 5.42. The van der Waals surface area contributed by atoms with Crippen LogP contribution in [0, 0.1) is 6.92 Å². The van der Waals surface area contributed by atoms with Gasteiger partial charge in [0.05, 0.1) is 17.3 Å². The maximum atomic E-state index is 12.8. The molecule has 1 N–H and O–H groups in total. The van der Waals surface area contributed by atoms with Crippen LogP contribution < -0.4 is 14.8 Å². The number of amides is 1. The summed E-state index contributed by atoms with van der Waals surface area (Å²) in [6, 6.07) is 3.70. The summed E-state index contributed by atoms with van der Waals surface area (Å²) in [7, 11) is 0. The average Bonchev–Trinajstić information content (AvgIpc) is 2.85. The third-order valence-electron chi connectivity index (χ3n) is 3.44. The van der Waals surface area contributed by atoms with Gasteiger partial charge in [-0.1, -0.05) is 11.6 Å². The second kappa shape index (κ2) is 8.63. The first kappa shape index (κ1) is 21.7. The van der Waals surface area contributed by atoms with Crippen LogP contribution in [-0.2, 0) is 17.5 Å². The smallest absolute Gasteiger partial charge is 0.436 e. The number of rotatable bonds is 7. The van der Waals surface area contributed by atoms with Crippen LogP contribution in [0.2, 0.25) is 5.02 Å². The van der Waals surface area contributed by atoms with Crippen molar-refractivity contribution in [1.82, 2.24) is 9.78 Å². The number of halogens is 6. The largest absolute Gasteiger partial charge is 0.490 e. The molecule has 28 heavy (non-hydrogen) atoms. The molecule has 0 saturated heterocycles. The third-order valence-corrected chi connectivity index (χ3v) is 3.89. The first-order chi connectivity index (χ1) is 13.0. The summed E-state index contributed by atoms with van der Waals surface area (Å²) in [5.74, 6) is -0.960. The highest BCUT2D eigenvalue weighted by Gasteiger charge is 2.38. The maximum Gasteiger partial charge on any atom is 0.436 e. The Kier molecular flexibility index (Phi) is 6.70. The predicted molar refractivity (Wildman–Crippen MR) is 89.8 cm³/mol. The fourth-order valence-corrected chi connectivity index (χ4v) is 2.49. The lowest BCUT2D eigenvalue weighted by Crippen LogP contribution is -2.21. The molecule has 154 valence electrons. The molecule has 6 nitrogen and oxygen atoms in total. The molecule has 1 aromatic carbocycles. The number of carbonyl (C=O) groups excluding carboxylic acids is 1. The second-order valence-corrected chi connectivity index (χ2v) is 5.80. The zero-order valence-electron chi connectivity index (χ0n) is 14.6. The number of hydrogen-bond donors (Lipinski definition) is 1. The van der Waals surface area contributed by atoms with Crippen LogP contribution in [0.4, 0.5) is 27.6 Å². The molecule has 0 aliphatic heterocycles. The standard InChI is InChI=1S/C16H15ClF5N3O3/c1-3-27-11-6-9(4-5-10(11)28-15(18)19)23-12(26)7-25-8(2)13(17)14(24-25)16(20,21)22/h4-6,15H,3,7H2,1-2H3,(H,23,26). The van der Waals surface area contributed by atoms with Crippen molar-refractivity contribution >= 4 is 23.2 Å². The summed E-state index contributed by atoms with van der Waals surface area (Å²) in [6.07, 6.45) is -4.75. The molecule has 1 aromatic heterocycles. The molecule has 1 heterocycles. The molecule has 0 saturated carbocycles. The van der Waals surface area contributed by atoms with Crippen LogP contribution in [0.25, 0.3) is 0 Å². The summed E-state index contributed by atoms with van der Waals surface area (Å²) >= 11 is 5.63. The molecular formula is C16H15ClF5N3O3. The summed E-state index contributed by atoms with van der Waals surface area (Å²) < 4.78 is 73.6. The third kappa shape index (κ3) is 5.24. The molecule has 0 atom stereocenters. The number of carbonyl (C=O) groups is 1. The predicted octanol–water partition coefficient (Wildman–Crippen LogP) is 4.50. The summed E-state index contributed by atoms with van der Waals surface area (Å²) in [4.78, 5) is 12.1. The zero-order chi connectivity index (χ0) is 21.1. The first-order valence-electron chi connectivity index (χ1n) is 7.84. The average molecular weight is 428 g/mol. The number of nitrogens with zero attached hydrogens (tertiary/aromatic N) is 2. The van der Waals surface area contributed by atoms with E-state index in [1.807, 2.05) is 0 Å². The first-order valence-corrected chi connectivity index (χ1v) is 8.22. The van der Waals surface area contributed by atoms with Crippen molar-refractivity contribution in [3.05, 3.63) is 34.6 Å². The molecule has 0 spiro atoms. The fourth-order valence-electron chi connectivity index (χ4n) is 2.24. The molecule has 2 rings (SSSR count). The van der Waals surface area contributed by atoms with Crippen LogP contribution in [0.15, 0.2) is 18.2 Å². The van der Waals surface area contributed by atoms with Gasteiger partial charge in [-0.15, -0.1) is 0 Å². The van der Waals surface area contributed by atoms with Crippen molar-refractivity contribution in [3.63, 3.8) is 0 Å². The normalized spacial score (nSPS) is 11.6. The Bertz CT molecular complexity index is 855. The number of alkyl halides is 5. The van der Waals surface area contributed by atoms with Crippen molar-refractivity contribution in [2.45, 2.75) is 33.2 Å². The van der Waals surface area contributed by atoms with Gasteiger partial charge in [-0.25, -0.2) is 0 Å². The summed E-state index contributed by atoms with van der Waals surface area (Å²) in [6.45, 7) is -0.528. The number of benzene rings is 1. The SMILES string of the molecule is CCOc1cc(NC(=O)Cn2nc(C(F)(F)F)c(Cl)c2C)ccc1OC(F)F. The molecule has 2 aromatic rings. The Balaban J connectivity index is 2.16. The van der Waals surface area contributed by atoms with Gasteiger partial charge in [0.25, 0.3) is 0 Å². The minimum atomic E-state index is -4.75. The molecule has 0 aliphatic rings. The molecule has 1 amide bonds. The van der Waals surface area contributed by atoms with E-state index < -0.39 is 36.0 Å². The number of anilines is 1. The Morgan fingerprint density at radius 3 is 2.54 bits per heavy atom. The van der Waals surface area contributed by atoms with Gasteiger partial charge in [-0.2, -0.15) is 27.1 Å². The van der Waals surface area contributed by atoms with Crippen LogP contribution in [0.5, 0.6) is 11.5 Å². The van der Waals surface area contributed by atoms with E-state index >= 15 is 0 Å². The molecular weight excluding hydrogens is 413 g/mol. The zero-order valence-corrected chi connectivity index (χ0v) is 15.4. The molecule has 0 radical (unpaired) electrons. The topological polar surface area (TPSA) is 65.4 Å². The highest BCUT2D eigenvalue weighted by atomic mass is 35.5. The maximum absolute atomic E-state index is 12.8. The monoisotopic (exact) mass is 427 g/mol. The summed E-state index contributed by atoms with van der Waals surface area (Å²) in [5, 5.41) is 5.15. The van der Waals surface area contributed by atoms with Crippen LogP contribution in [0.1, 0.15) is 18.3 Å². The highest BCUT2D eigenvalue weighted by molar-refractivity contribution is 6.32. The van der Waals surface area contributed by atoms with Gasteiger partial charge in [0.2, 0.25) is 5.91 Å².